The van der Waals surface area contributed by atoms with Gasteiger partial charge in [-0.2, -0.15) is 0 Å². The second kappa shape index (κ2) is 11.9. The Balaban J connectivity index is 1.80. The molecule has 0 aliphatic rings. The second-order valence-corrected chi connectivity index (χ2v) is 6.77. The number of methoxy groups -OCH3 is 4. The van der Waals surface area contributed by atoms with Crippen molar-refractivity contribution in [2.24, 2.45) is 0 Å². The highest BCUT2D eigenvalue weighted by atomic mass is 32.1. The molecule has 2 aromatic rings. The summed E-state index contributed by atoms with van der Waals surface area (Å²) in [6.45, 7) is 0.598. The fourth-order valence-corrected chi connectivity index (χ4v) is 2.93. The minimum absolute atomic E-state index is 0.320. The van der Waals surface area contributed by atoms with Gasteiger partial charge in [0.05, 0.1) is 34.1 Å². The van der Waals surface area contributed by atoms with Gasteiger partial charge in [-0.25, -0.2) is 0 Å². The molecule has 0 amide bonds. The zero-order valence-electron chi connectivity index (χ0n) is 17.3. The SMILES string of the molecule is COc1ccc(OC)c(CCNC(=S)NNC(=S)Nc2cc(OC)ccc2OC)c1. The first-order chi connectivity index (χ1) is 14.5. The third kappa shape index (κ3) is 6.82. The Bertz CT molecular complexity index is 880. The van der Waals surface area contributed by atoms with Gasteiger partial charge in [-0.1, -0.05) is 0 Å². The molecule has 2 rings (SSSR count). The van der Waals surface area contributed by atoms with Gasteiger partial charge in [0.2, 0.25) is 0 Å². The molecule has 0 unspecified atom stereocenters. The smallest absolute Gasteiger partial charge is 0.189 e. The van der Waals surface area contributed by atoms with Gasteiger partial charge in [0.25, 0.3) is 0 Å². The molecular weight excluding hydrogens is 424 g/mol. The molecule has 0 atom stereocenters. The molecule has 162 valence electrons. The van der Waals surface area contributed by atoms with E-state index in [1.54, 1.807) is 46.6 Å². The fraction of sp³-hybridized carbons (Fsp3) is 0.300. The summed E-state index contributed by atoms with van der Waals surface area (Å²) in [5, 5.41) is 6.87. The number of hydrogen-bond donors (Lipinski definition) is 4. The van der Waals surface area contributed by atoms with E-state index in [9.17, 15) is 0 Å². The van der Waals surface area contributed by atoms with Gasteiger partial charge < -0.3 is 29.6 Å². The third-order valence-corrected chi connectivity index (χ3v) is 4.56. The predicted molar refractivity (Wildman–Crippen MR) is 126 cm³/mol. The summed E-state index contributed by atoms with van der Waals surface area (Å²) in [5.41, 5.74) is 7.36. The van der Waals surface area contributed by atoms with Gasteiger partial charge in [0.15, 0.2) is 10.2 Å². The molecule has 0 radical (unpaired) electrons. The van der Waals surface area contributed by atoms with Crippen LogP contribution in [-0.2, 0) is 6.42 Å². The Kier molecular flexibility index (Phi) is 9.23. The molecule has 10 heteroatoms. The molecule has 0 aromatic heterocycles. The van der Waals surface area contributed by atoms with Crippen LogP contribution >= 0.6 is 24.4 Å². The van der Waals surface area contributed by atoms with Crippen molar-refractivity contribution >= 4 is 40.3 Å². The summed E-state index contributed by atoms with van der Waals surface area (Å²) in [6, 6.07) is 11.0. The van der Waals surface area contributed by atoms with Crippen LogP contribution in [0.1, 0.15) is 5.56 Å². The minimum Gasteiger partial charge on any atom is -0.497 e. The van der Waals surface area contributed by atoms with Gasteiger partial charge in [0, 0.05) is 12.6 Å². The van der Waals surface area contributed by atoms with Crippen molar-refractivity contribution in [3.63, 3.8) is 0 Å². The van der Waals surface area contributed by atoms with E-state index in [-0.39, 0.29) is 0 Å². The van der Waals surface area contributed by atoms with E-state index in [1.807, 2.05) is 18.2 Å². The largest absolute Gasteiger partial charge is 0.497 e. The molecule has 0 aliphatic carbocycles. The second-order valence-electron chi connectivity index (χ2n) is 5.95. The standard InChI is InChI=1S/C20H26N4O4S2/c1-25-14-5-7-17(27-3)13(11-14)9-10-21-19(29)23-24-20(30)22-16-12-15(26-2)6-8-18(16)28-4/h5-8,11-12H,9-10H2,1-4H3,(H2,21,23,29)(H2,22,24,30). The zero-order chi connectivity index (χ0) is 21.9. The highest BCUT2D eigenvalue weighted by Crippen LogP contribution is 2.28. The molecule has 4 N–H and O–H groups in total. The maximum atomic E-state index is 5.38. The van der Waals surface area contributed by atoms with Gasteiger partial charge in [-0.05, 0) is 66.8 Å². The number of hydrogen-bond acceptors (Lipinski definition) is 6. The van der Waals surface area contributed by atoms with E-state index in [0.29, 0.717) is 40.4 Å². The predicted octanol–water partition coefficient (Wildman–Crippen LogP) is 2.63. The van der Waals surface area contributed by atoms with E-state index >= 15 is 0 Å². The summed E-state index contributed by atoms with van der Waals surface area (Å²) in [4.78, 5) is 0. The molecule has 0 saturated heterocycles. The molecular formula is C20H26N4O4S2. The Morgan fingerprint density at radius 3 is 2.00 bits per heavy atom. The summed E-state index contributed by atoms with van der Waals surface area (Å²) < 4.78 is 21.2. The molecule has 0 saturated carbocycles. The zero-order valence-corrected chi connectivity index (χ0v) is 19.0. The first-order valence-corrected chi connectivity index (χ1v) is 9.86. The average molecular weight is 451 g/mol. The van der Waals surface area contributed by atoms with Crippen LogP contribution < -0.4 is 40.4 Å². The van der Waals surface area contributed by atoms with Crippen LogP contribution in [0.4, 0.5) is 5.69 Å². The number of rotatable bonds is 8. The summed E-state index contributed by atoms with van der Waals surface area (Å²) in [5.74, 6) is 2.89. The normalized spacial score (nSPS) is 9.87. The molecule has 0 spiro atoms. The van der Waals surface area contributed by atoms with E-state index in [4.69, 9.17) is 43.4 Å². The maximum absolute atomic E-state index is 5.38. The Labute approximate surface area is 187 Å². The molecule has 0 bridgehead atoms. The van der Waals surface area contributed by atoms with E-state index in [0.717, 1.165) is 17.1 Å². The summed E-state index contributed by atoms with van der Waals surface area (Å²) >= 11 is 10.6. The van der Waals surface area contributed by atoms with Crippen molar-refractivity contribution in [1.29, 1.82) is 0 Å². The lowest BCUT2D eigenvalue weighted by atomic mass is 10.1. The minimum atomic E-state index is 0.320. The number of ether oxygens (including phenoxy) is 4. The maximum Gasteiger partial charge on any atom is 0.189 e. The number of hydrazine groups is 1. The first-order valence-electron chi connectivity index (χ1n) is 9.04. The first kappa shape index (κ1) is 23.3. The number of anilines is 1. The van der Waals surface area contributed by atoms with Gasteiger partial charge >= 0.3 is 0 Å². The Hall–Kier alpha value is -2.98. The van der Waals surface area contributed by atoms with Crippen molar-refractivity contribution in [3.05, 3.63) is 42.0 Å². The quantitative estimate of drug-likeness (QED) is 0.356. The van der Waals surface area contributed by atoms with Crippen LogP contribution in [0.25, 0.3) is 0 Å². The van der Waals surface area contributed by atoms with Crippen LogP contribution in [0.15, 0.2) is 36.4 Å². The van der Waals surface area contributed by atoms with Crippen molar-refractivity contribution in [3.8, 4) is 23.0 Å². The van der Waals surface area contributed by atoms with Crippen LogP contribution in [0.2, 0.25) is 0 Å². The van der Waals surface area contributed by atoms with Crippen molar-refractivity contribution < 1.29 is 18.9 Å². The van der Waals surface area contributed by atoms with Crippen LogP contribution in [0.5, 0.6) is 23.0 Å². The number of benzene rings is 2. The monoisotopic (exact) mass is 450 g/mol. The van der Waals surface area contributed by atoms with E-state index in [1.165, 1.54) is 0 Å². The van der Waals surface area contributed by atoms with Gasteiger partial charge in [-0.3, -0.25) is 10.9 Å². The van der Waals surface area contributed by atoms with Crippen molar-refractivity contribution in [1.82, 2.24) is 16.2 Å². The topological polar surface area (TPSA) is 85.0 Å². The van der Waals surface area contributed by atoms with Crippen molar-refractivity contribution in [2.75, 3.05) is 40.3 Å². The molecule has 0 aliphatic heterocycles. The lowest BCUT2D eigenvalue weighted by Gasteiger charge is -2.16. The Morgan fingerprint density at radius 1 is 0.767 bits per heavy atom. The molecule has 30 heavy (non-hydrogen) atoms. The van der Waals surface area contributed by atoms with E-state index < -0.39 is 0 Å². The van der Waals surface area contributed by atoms with Crippen LogP contribution in [-0.4, -0.2) is 45.2 Å². The Morgan fingerprint density at radius 2 is 1.37 bits per heavy atom. The lowest BCUT2D eigenvalue weighted by Crippen LogP contribution is -2.48. The molecule has 0 heterocycles. The molecule has 0 fully saturated rings. The lowest BCUT2D eigenvalue weighted by molar-refractivity contribution is 0.398. The number of thiocarbonyl (C=S) groups is 2. The van der Waals surface area contributed by atoms with Gasteiger partial charge in [-0.15, -0.1) is 0 Å². The third-order valence-electron chi connectivity index (χ3n) is 4.11. The average Bonchev–Trinajstić information content (AvgIpc) is 2.77. The highest BCUT2D eigenvalue weighted by molar-refractivity contribution is 7.80. The van der Waals surface area contributed by atoms with Crippen molar-refractivity contribution in [2.45, 2.75) is 6.42 Å². The van der Waals surface area contributed by atoms with Gasteiger partial charge in [0.1, 0.15) is 23.0 Å². The van der Waals surface area contributed by atoms with Crippen LogP contribution in [0, 0.1) is 0 Å². The summed E-state index contributed by atoms with van der Waals surface area (Å²) in [6.07, 6.45) is 0.700. The molecule has 2 aromatic carbocycles. The van der Waals surface area contributed by atoms with Crippen LogP contribution in [0.3, 0.4) is 0 Å². The molecule has 8 nitrogen and oxygen atoms in total. The fourth-order valence-electron chi connectivity index (χ4n) is 2.61. The summed E-state index contributed by atoms with van der Waals surface area (Å²) in [7, 11) is 6.44. The highest BCUT2D eigenvalue weighted by Gasteiger charge is 2.08. The van der Waals surface area contributed by atoms with E-state index in [2.05, 4.69) is 21.5 Å². The number of nitrogens with one attached hydrogen (secondary N) is 4.